The largest absolute Gasteiger partial charge is 0.343 e. The van der Waals surface area contributed by atoms with E-state index in [1.54, 1.807) is 12.1 Å². The van der Waals surface area contributed by atoms with E-state index in [0.717, 1.165) is 10.7 Å². The number of amides is 1. The molecule has 0 bridgehead atoms. The van der Waals surface area contributed by atoms with Gasteiger partial charge in [0.1, 0.15) is 5.00 Å². The summed E-state index contributed by atoms with van der Waals surface area (Å²) in [5, 5.41) is 5.80. The van der Waals surface area contributed by atoms with Crippen molar-refractivity contribution in [3.8, 4) is 5.00 Å². The Kier molecular flexibility index (Phi) is 3.35. The molecule has 1 unspecified atom stereocenters. The van der Waals surface area contributed by atoms with Gasteiger partial charge in [0.2, 0.25) is 0 Å². The molecule has 5 heteroatoms. The molecular weight excluding hydrogens is 308 g/mol. The minimum Gasteiger partial charge on any atom is -0.343 e. The summed E-state index contributed by atoms with van der Waals surface area (Å²) in [6.45, 7) is 0. The van der Waals surface area contributed by atoms with Crippen LogP contribution in [0.25, 0.3) is 5.00 Å². The highest BCUT2D eigenvalue weighted by atomic mass is 32.1. The van der Waals surface area contributed by atoms with E-state index in [0.29, 0.717) is 11.1 Å². The van der Waals surface area contributed by atoms with Gasteiger partial charge in [-0.1, -0.05) is 30.3 Å². The number of nitrogens with zero attached hydrogens (tertiary/aromatic N) is 1. The molecule has 1 N–H and O–H groups in total. The van der Waals surface area contributed by atoms with Crippen LogP contribution in [0.3, 0.4) is 0 Å². The Labute approximate surface area is 137 Å². The maximum atomic E-state index is 12.5. The zero-order chi connectivity index (χ0) is 15.8. The Morgan fingerprint density at radius 2 is 1.96 bits per heavy atom. The molecule has 1 atom stereocenters. The normalized spacial score (nSPS) is 16.2. The lowest BCUT2D eigenvalue weighted by molar-refractivity contribution is 0.0914. The third-order valence-corrected chi connectivity index (χ3v) is 4.95. The molecule has 1 amide bonds. The van der Waals surface area contributed by atoms with Crippen molar-refractivity contribution in [3.05, 3.63) is 76.9 Å². The predicted octanol–water partition coefficient (Wildman–Crippen LogP) is 3.60. The number of ketones is 1. The molecule has 0 spiro atoms. The summed E-state index contributed by atoms with van der Waals surface area (Å²) in [6, 6.07) is 14.6. The Bertz CT molecular complexity index is 879. The number of Topliss-reactive ketones (excluding diaryl/α,β-unsaturated/α-hetero) is 1. The average molecular weight is 322 g/mol. The van der Waals surface area contributed by atoms with Gasteiger partial charge in [0, 0.05) is 23.9 Å². The first-order valence-corrected chi connectivity index (χ1v) is 8.26. The monoisotopic (exact) mass is 322 g/mol. The van der Waals surface area contributed by atoms with Crippen molar-refractivity contribution in [2.45, 2.75) is 12.5 Å². The molecule has 0 aliphatic carbocycles. The van der Waals surface area contributed by atoms with Crippen LogP contribution >= 0.6 is 11.3 Å². The molecule has 2 aromatic heterocycles. The van der Waals surface area contributed by atoms with Crippen LogP contribution in [0.2, 0.25) is 0 Å². The molecule has 4 nitrogen and oxygen atoms in total. The van der Waals surface area contributed by atoms with Crippen molar-refractivity contribution >= 4 is 23.0 Å². The molecule has 0 saturated carbocycles. The molecule has 0 fully saturated rings. The summed E-state index contributed by atoms with van der Waals surface area (Å²) in [5.41, 5.74) is 2.25. The predicted molar refractivity (Wildman–Crippen MR) is 89.2 cm³/mol. The lowest BCUT2D eigenvalue weighted by Gasteiger charge is -2.16. The van der Waals surface area contributed by atoms with Crippen LogP contribution in [0.15, 0.2) is 60.1 Å². The maximum absolute atomic E-state index is 12.5. The topological polar surface area (TPSA) is 51.1 Å². The number of hydrogen-bond donors (Lipinski definition) is 1. The van der Waals surface area contributed by atoms with Gasteiger partial charge >= 0.3 is 0 Å². The highest BCUT2D eigenvalue weighted by molar-refractivity contribution is 7.13. The fourth-order valence-electron chi connectivity index (χ4n) is 2.92. The molecule has 0 saturated heterocycles. The number of aromatic nitrogens is 1. The number of benzene rings is 1. The van der Waals surface area contributed by atoms with Crippen molar-refractivity contribution < 1.29 is 9.59 Å². The average Bonchev–Trinajstić information content (AvgIpc) is 3.21. The third kappa shape index (κ3) is 2.39. The quantitative estimate of drug-likeness (QED) is 0.749. The summed E-state index contributed by atoms with van der Waals surface area (Å²) in [5.74, 6) is -0.107. The fourth-order valence-corrected chi connectivity index (χ4v) is 3.82. The molecule has 114 valence electrons. The zero-order valence-electron chi connectivity index (χ0n) is 12.2. The molecule has 4 rings (SSSR count). The summed E-state index contributed by atoms with van der Waals surface area (Å²) in [7, 11) is 0. The molecule has 23 heavy (non-hydrogen) atoms. The number of fused-ring (bicyclic) bond motifs is 3. The summed E-state index contributed by atoms with van der Waals surface area (Å²) >= 11 is 1.52. The van der Waals surface area contributed by atoms with Crippen molar-refractivity contribution in [1.29, 1.82) is 0 Å². The molecule has 1 aromatic carbocycles. The second kappa shape index (κ2) is 5.52. The van der Waals surface area contributed by atoms with Gasteiger partial charge in [-0.3, -0.25) is 9.59 Å². The second-order valence-corrected chi connectivity index (χ2v) is 6.36. The molecule has 1 aliphatic rings. The first-order valence-electron chi connectivity index (χ1n) is 7.38. The van der Waals surface area contributed by atoms with Crippen LogP contribution in [0.5, 0.6) is 0 Å². The van der Waals surface area contributed by atoms with E-state index in [4.69, 9.17) is 0 Å². The lowest BCUT2D eigenvalue weighted by atomic mass is 10.0. The number of carbonyl (C=O) groups excluding carboxylic acids is 2. The highest BCUT2D eigenvalue weighted by Gasteiger charge is 2.28. The number of rotatable bonds is 3. The Morgan fingerprint density at radius 3 is 2.78 bits per heavy atom. The van der Waals surface area contributed by atoms with Crippen molar-refractivity contribution in [2.75, 3.05) is 0 Å². The summed E-state index contributed by atoms with van der Waals surface area (Å²) in [6.07, 6.45) is 2.18. The standard InChI is InChI=1S/C18H14N2O2S/c21-16(12-5-2-1-3-6-12)11-14-15-7-4-9-20(15)18-13(8-10-23-18)17(22)19-14/h1-10,14H,11H2,(H,19,22). The lowest BCUT2D eigenvalue weighted by Crippen LogP contribution is -2.29. The van der Waals surface area contributed by atoms with Gasteiger partial charge in [0.15, 0.2) is 5.78 Å². The molecule has 1 aliphatic heterocycles. The SMILES string of the molecule is O=C(CC1NC(=O)c2ccsc2-n2cccc21)c1ccccc1. The summed E-state index contributed by atoms with van der Waals surface area (Å²) in [4.78, 5) is 24.9. The van der Waals surface area contributed by atoms with Crippen LogP contribution in [-0.4, -0.2) is 16.3 Å². The summed E-state index contributed by atoms with van der Waals surface area (Å²) < 4.78 is 2.00. The zero-order valence-corrected chi connectivity index (χ0v) is 13.0. The van der Waals surface area contributed by atoms with Crippen LogP contribution < -0.4 is 5.32 Å². The Hall–Kier alpha value is -2.66. The number of nitrogens with one attached hydrogen (secondary N) is 1. The van der Waals surface area contributed by atoms with Gasteiger partial charge in [-0.2, -0.15) is 0 Å². The van der Waals surface area contributed by atoms with Gasteiger partial charge in [0.05, 0.1) is 11.6 Å². The first kappa shape index (κ1) is 14.0. The number of hydrogen-bond acceptors (Lipinski definition) is 3. The minimum atomic E-state index is -0.329. The van der Waals surface area contributed by atoms with Crippen molar-refractivity contribution in [3.63, 3.8) is 0 Å². The van der Waals surface area contributed by atoms with E-state index in [-0.39, 0.29) is 24.2 Å². The van der Waals surface area contributed by atoms with Gasteiger partial charge in [-0.25, -0.2) is 0 Å². The van der Waals surface area contributed by atoms with Gasteiger partial charge in [-0.05, 0) is 23.6 Å². The smallest absolute Gasteiger partial charge is 0.254 e. The van der Waals surface area contributed by atoms with Gasteiger partial charge < -0.3 is 9.88 Å². The second-order valence-electron chi connectivity index (χ2n) is 5.46. The van der Waals surface area contributed by atoms with E-state index < -0.39 is 0 Å². The Balaban J connectivity index is 1.69. The molecular formula is C18H14N2O2S. The van der Waals surface area contributed by atoms with E-state index in [9.17, 15) is 9.59 Å². The van der Waals surface area contributed by atoms with E-state index in [1.807, 2.05) is 52.5 Å². The van der Waals surface area contributed by atoms with Gasteiger partial charge in [-0.15, -0.1) is 11.3 Å². The van der Waals surface area contributed by atoms with Crippen molar-refractivity contribution in [2.24, 2.45) is 0 Å². The van der Waals surface area contributed by atoms with Crippen LogP contribution in [0.1, 0.15) is 38.9 Å². The number of thiophene rings is 1. The van der Waals surface area contributed by atoms with Crippen LogP contribution in [0.4, 0.5) is 0 Å². The van der Waals surface area contributed by atoms with Gasteiger partial charge in [0.25, 0.3) is 5.91 Å². The van der Waals surface area contributed by atoms with Crippen LogP contribution in [-0.2, 0) is 0 Å². The first-order chi connectivity index (χ1) is 11.2. The molecule has 0 radical (unpaired) electrons. The van der Waals surface area contributed by atoms with E-state index in [1.165, 1.54) is 11.3 Å². The van der Waals surface area contributed by atoms with Crippen LogP contribution in [0, 0.1) is 0 Å². The molecule has 3 heterocycles. The third-order valence-electron chi connectivity index (χ3n) is 4.04. The number of carbonyl (C=O) groups is 2. The maximum Gasteiger partial charge on any atom is 0.254 e. The Morgan fingerprint density at radius 1 is 1.13 bits per heavy atom. The molecule has 3 aromatic rings. The van der Waals surface area contributed by atoms with E-state index >= 15 is 0 Å². The fraction of sp³-hybridized carbons (Fsp3) is 0.111. The van der Waals surface area contributed by atoms with Crippen molar-refractivity contribution in [1.82, 2.24) is 9.88 Å². The minimum absolute atomic E-state index is 0.0221. The van der Waals surface area contributed by atoms with E-state index in [2.05, 4.69) is 5.32 Å². The highest BCUT2D eigenvalue weighted by Crippen LogP contribution is 2.31.